The van der Waals surface area contributed by atoms with E-state index in [1.165, 1.54) is 11.2 Å². The second kappa shape index (κ2) is 6.80. The number of likely N-dealkylation sites (N-methyl/N-ethyl adjacent to an activating group) is 1. The van der Waals surface area contributed by atoms with Crippen LogP contribution in [0.4, 0.5) is 0 Å². The number of nitrogens with one attached hydrogen (secondary N) is 1. The third-order valence-electron chi connectivity index (χ3n) is 2.61. The number of furan rings is 1. The molecule has 2 N–H and O–H groups in total. The summed E-state index contributed by atoms with van der Waals surface area (Å²) < 4.78 is 5.01. The second-order valence-electron chi connectivity index (χ2n) is 3.77. The number of aliphatic hydroxyl groups excluding tert-OH is 1. The Morgan fingerprint density at radius 3 is 2.72 bits per heavy atom. The Balaban J connectivity index is 2.48. The molecule has 100 valence electrons. The van der Waals surface area contributed by atoms with E-state index in [2.05, 4.69) is 5.32 Å². The van der Waals surface area contributed by atoms with Gasteiger partial charge < -0.3 is 19.7 Å². The number of aliphatic hydroxyl groups is 1. The van der Waals surface area contributed by atoms with Gasteiger partial charge in [0.15, 0.2) is 0 Å². The Morgan fingerprint density at radius 2 is 2.22 bits per heavy atom. The predicted molar refractivity (Wildman–Crippen MR) is 65.1 cm³/mol. The largest absolute Gasteiger partial charge is 0.469 e. The van der Waals surface area contributed by atoms with E-state index in [9.17, 15) is 9.59 Å². The van der Waals surface area contributed by atoms with Crippen molar-refractivity contribution in [3.63, 3.8) is 0 Å². The number of hydrogen-bond donors (Lipinski definition) is 2. The van der Waals surface area contributed by atoms with Crippen LogP contribution in [0.1, 0.15) is 23.0 Å². The molecule has 0 radical (unpaired) electrons. The van der Waals surface area contributed by atoms with Gasteiger partial charge in [-0.2, -0.15) is 0 Å². The fourth-order valence-electron chi connectivity index (χ4n) is 1.56. The molecule has 6 nitrogen and oxygen atoms in total. The maximum Gasteiger partial charge on any atom is 0.255 e. The minimum absolute atomic E-state index is 0.0860. The molecule has 1 rings (SSSR count). The van der Waals surface area contributed by atoms with Gasteiger partial charge in [-0.05, 0) is 19.9 Å². The third kappa shape index (κ3) is 3.59. The zero-order valence-corrected chi connectivity index (χ0v) is 10.6. The lowest BCUT2D eigenvalue weighted by Gasteiger charge is -2.19. The number of hydrogen-bond acceptors (Lipinski definition) is 4. The predicted octanol–water partition coefficient (Wildman–Crippen LogP) is 0.159. The molecule has 0 bridgehead atoms. The van der Waals surface area contributed by atoms with Crippen LogP contribution in [0.5, 0.6) is 0 Å². The topological polar surface area (TPSA) is 82.8 Å². The fourth-order valence-corrected chi connectivity index (χ4v) is 1.56. The molecule has 2 amide bonds. The molecule has 0 spiro atoms. The molecule has 0 aliphatic heterocycles. The number of rotatable bonds is 6. The molecule has 0 atom stereocenters. The van der Waals surface area contributed by atoms with Crippen molar-refractivity contribution in [2.24, 2.45) is 0 Å². The summed E-state index contributed by atoms with van der Waals surface area (Å²) in [6.45, 7) is 4.10. The summed E-state index contributed by atoms with van der Waals surface area (Å²) >= 11 is 0. The summed E-state index contributed by atoms with van der Waals surface area (Å²) in [5.74, 6) is -0.0432. The average molecular weight is 254 g/mol. The minimum atomic E-state index is -0.338. The molecule has 6 heteroatoms. The lowest BCUT2D eigenvalue weighted by Crippen LogP contribution is -2.41. The van der Waals surface area contributed by atoms with Gasteiger partial charge in [-0.15, -0.1) is 0 Å². The van der Waals surface area contributed by atoms with Crippen LogP contribution >= 0.6 is 0 Å². The van der Waals surface area contributed by atoms with Crippen molar-refractivity contribution in [1.82, 2.24) is 10.2 Å². The summed E-state index contributed by atoms with van der Waals surface area (Å²) in [5, 5.41) is 11.3. The van der Waals surface area contributed by atoms with E-state index >= 15 is 0 Å². The van der Waals surface area contributed by atoms with E-state index in [0.29, 0.717) is 17.9 Å². The van der Waals surface area contributed by atoms with Gasteiger partial charge in [-0.1, -0.05) is 0 Å². The molecule has 18 heavy (non-hydrogen) atoms. The number of nitrogens with zero attached hydrogens (tertiary/aromatic N) is 1. The van der Waals surface area contributed by atoms with Gasteiger partial charge in [-0.3, -0.25) is 9.59 Å². The highest BCUT2D eigenvalue weighted by Crippen LogP contribution is 2.07. The molecule has 0 aromatic carbocycles. The summed E-state index contributed by atoms with van der Waals surface area (Å²) in [5.41, 5.74) is 0.424. The molecular weight excluding hydrogens is 236 g/mol. The molecule has 1 aromatic rings. The number of amides is 2. The minimum Gasteiger partial charge on any atom is -0.469 e. The van der Waals surface area contributed by atoms with Crippen LogP contribution in [0.3, 0.4) is 0 Å². The highest BCUT2D eigenvalue weighted by molar-refractivity contribution is 5.97. The van der Waals surface area contributed by atoms with Crippen molar-refractivity contribution < 1.29 is 19.1 Å². The number of aryl methyl sites for hydroxylation is 1. The van der Waals surface area contributed by atoms with Crippen molar-refractivity contribution in [3.8, 4) is 0 Å². The molecule has 1 heterocycles. The lowest BCUT2D eigenvalue weighted by atomic mass is 10.2. The summed E-state index contributed by atoms with van der Waals surface area (Å²) in [6.07, 6.45) is 1.43. The van der Waals surface area contributed by atoms with Crippen LogP contribution in [0.2, 0.25) is 0 Å². The van der Waals surface area contributed by atoms with Crippen LogP contribution in [-0.4, -0.2) is 48.1 Å². The van der Waals surface area contributed by atoms with E-state index in [1.807, 2.05) is 6.92 Å². The Bertz CT molecular complexity index is 414. The highest BCUT2D eigenvalue weighted by atomic mass is 16.3. The quantitative estimate of drug-likeness (QED) is 0.757. The van der Waals surface area contributed by atoms with E-state index in [1.54, 1.807) is 13.0 Å². The normalized spacial score (nSPS) is 10.2. The first kappa shape index (κ1) is 14.2. The summed E-state index contributed by atoms with van der Waals surface area (Å²) in [6, 6.07) is 1.56. The van der Waals surface area contributed by atoms with E-state index in [0.717, 1.165) is 0 Å². The van der Waals surface area contributed by atoms with Crippen molar-refractivity contribution in [2.75, 3.05) is 26.2 Å². The SMILES string of the molecule is CCN(CCO)C(=O)CNC(=O)c1ccoc1C. The van der Waals surface area contributed by atoms with Crippen LogP contribution in [0, 0.1) is 6.92 Å². The molecule has 0 aliphatic rings. The highest BCUT2D eigenvalue weighted by Gasteiger charge is 2.15. The molecule has 1 aromatic heterocycles. The molecule has 0 saturated carbocycles. The zero-order valence-electron chi connectivity index (χ0n) is 10.6. The summed E-state index contributed by atoms with van der Waals surface area (Å²) in [4.78, 5) is 24.9. The molecule has 0 unspecified atom stereocenters. The zero-order chi connectivity index (χ0) is 13.5. The first-order valence-corrected chi connectivity index (χ1v) is 5.81. The Kier molecular flexibility index (Phi) is 5.38. The Hall–Kier alpha value is -1.82. The number of carbonyl (C=O) groups excluding carboxylic acids is 2. The number of carbonyl (C=O) groups is 2. The average Bonchev–Trinajstić information content (AvgIpc) is 2.79. The Labute approximate surface area is 106 Å². The van der Waals surface area contributed by atoms with E-state index < -0.39 is 0 Å². The second-order valence-corrected chi connectivity index (χ2v) is 3.77. The van der Waals surface area contributed by atoms with Gasteiger partial charge >= 0.3 is 0 Å². The molecule has 0 aliphatic carbocycles. The first-order chi connectivity index (χ1) is 8.60. The van der Waals surface area contributed by atoms with E-state index in [4.69, 9.17) is 9.52 Å². The lowest BCUT2D eigenvalue weighted by molar-refractivity contribution is -0.130. The first-order valence-electron chi connectivity index (χ1n) is 5.81. The van der Waals surface area contributed by atoms with Gasteiger partial charge in [0, 0.05) is 13.1 Å². The van der Waals surface area contributed by atoms with Crippen molar-refractivity contribution in [1.29, 1.82) is 0 Å². The molecule has 0 fully saturated rings. The Morgan fingerprint density at radius 1 is 1.50 bits per heavy atom. The van der Waals surface area contributed by atoms with Crippen LogP contribution < -0.4 is 5.32 Å². The van der Waals surface area contributed by atoms with Gasteiger partial charge in [0.05, 0.1) is 25.0 Å². The third-order valence-corrected chi connectivity index (χ3v) is 2.61. The molecule has 0 saturated heterocycles. The fraction of sp³-hybridized carbons (Fsp3) is 0.500. The smallest absolute Gasteiger partial charge is 0.255 e. The maximum absolute atomic E-state index is 11.7. The van der Waals surface area contributed by atoms with Crippen molar-refractivity contribution >= 4 is 11.8 Å². The van der Waals surface area contributed by atoms with Gasteiger partial charge in [0.1, 0.15) is 5.76 Å². The van der Waals surface area contributed by atoms with E-state index in [-0.39, 0.29) is 31.5 Å². The van der Waals surface area contributed by atoms with Gasteiger partial charge in [0.25, 0.3) is 5.91 Å². The van der Waals surface area contributed by atoms with Crippen LogP contribution in [0.15, 0.2) is 16.7 Å². The van der Waals surface area contributed by atoms with Gasteiger partial charge in [0.2, 0.25) is 5.91 Å². The molecular formula is C12H18N2O4. The summed E-state index contributed by atoms with van der Waals surface area (Å²) in [7, 11) is 0. The monoisotopic (exact) mass is 254 g/mol. The van der Waals surface area contributed by atoms with Crippen LogP contribution in [-0.2, 0) is 4.79 Å². The maximum atomic E-state index is 11.7. The van der Waals surface area contributed by atoms with Crippen molar-refractivity contribution in [3.05, 3.63) is 23.7 Å². The standard InChI is InChI=1S/C12H18N2O4/c1-3-14(5-6-15)11(16)8-13-12(17)10-4-7-18-9(10)2/h4,7,15H,3,5-6,8H2,1-2H3,(H,13,17). The van der Waals surface area contributed by atoms with Gasteiger partial charge in [-0.25, -0.2) is 0 Å². The van der Waals surface area contributed by atoms with Crippen molar-refractivity contribution in [2.45, 2.75) is 13.8 Å². The van der Waals surface area contributed by atoms with Crippen LogP contribution in [0.25, 0.3) is 0 Å².